The highest BCUT2D eigenvalue weighted by Gasteiger charge is 2.13. The second-order valence-electron chi connectivity index (χ2n) is 5.61. The van der Waals surface area contributed by atoms with Crippen LogP contribution in [0.2, 0.25) is 0 Å². The summed E-state index contributed by atoms with van der Waals surface area (Å²) in [6.07, 6.45) is 3.03. The molecule has 29 heavy (non-hydrogen) atoms. The zero-order valence-corrected chi connectivity index (χ0v) is 18.8. The summed E-state index contributed by atoms with van der Waals surface area (Å²) < 4.78 is 29.4. The summed E-state index contributed by atoms with van der Waals surface area (Å²) in [5.74, 6) is -0.0740. The second kappa shape index (κ2) is 9.84. The van der Waals surface area contributed by atoms with Crippen LogP contribution < -0.4 is 15.2 Å². The predicted molar refractivity (Wildman–Crippen MR) is 118 cm³/mol. The van der Waals surface area contributed by atoms with E-state index in [0.717, 1.165) is 0 Å². The fourth-order valence-electron chi connectivity index (χ4n) is 2.18. The van der Waals surface area contributed by atoms with Gasteiger partial charge in [0.2, 0.25) is 10.0 Å². The number of benzene rings is 2. The van der Waals surface area contributed by atoms with E-state index in [1.807, 2.05) is 6.07 Å². The first-order valence-corrected chi connectivity index (χ1v) is 11.1. The summed E-state index contributed by atoms with van der Waals surface area (Å²) in [6, 6.07) is 10.5. The van der Waals surface area contributed by atoms with Crippen molar-refractivity contribution in [3.63, 3.8) is 0 Å². The van der Waals surface area contributed by atoms with Crippen molar-refractivity contribution >= 4 is 59.6 Å². The number of nitrogens with zero attached hydrogens (tertiary/aromatic N) is 1. The average molecular weight is 541 g/mol. The lowest BCUT2D eigenvalue weighted by atomic mass is 10.1. The standard InChI is InChI=1S/C19H15Br2N3O4S/c1-2-7-28-18-16(20)9-12(10-17(18)21)8-13(11-22)19(25)24-14-3-5-15(6-4-14)29(23,26)27/h2-6,8-10H,1,7H2,(H,24,25)(H2,23,26,27)/b13-8+. The molecule has 2 aromatic carbocycles. The van der Waals surface area contributed by atoms with Crippen molar-refractivity contribution < 1.29 is 17.9 Å². The van der Waals surface area contributed by atoms with Gasteiger partial charge < -0.3 is 10.1 Å². The summed E-state index contributed by atoms with van der Waals surface area (Å²) >= 11 is 6.78. The number of halogens is 2. The average Bonchev–Trinajstić information content (AvgIpc) is 2.65. The van der Waals surface area contributed by atoms with Crippen molar-refractivity contribution in [1.29, 1.82) is 5.26 Å². The molecule has 0 fully saturated rings. The Balaban J connectivity index is 2.24. The molecule has 0 aromatic heterocycles. The number of anilines is 1. The van der Waals surface area contributed by atoms with E-state index in [9.17, 15) is 18.5 Å². The minimum absolute atomic E-state index is 0.0833. The SMILES string of the molecule is C=CCOc1c(Br)cc(/C=C(\C#N)C(=O)Nc2ccc(S(N)(=O)=O)cc2)cc1Br. The number of primary sulfonamides is 1. The van der Waals surface area contributed by atoms with Gasteiger partial charge >= 0.3 is 0 Å². The number of nitriles is 1. The lowest BCUT2D eigenvalue weighted by Crippen LogP contribution is -2.14. The fourth-order valence-corrected chi connectivity index (χ4v) is 4.15. The molecule has 0 radical (unpaired) electrons. The van der Waals surface area contributed by atoms with E-state index < -0.39 is 15.9 Å². The van der Waals surface area contributed by atoms with Crippen molar-refractivity contribution in [3.8, 4) is 11.8 Å². The molecule has 0 aliphatic heterocycles. The van der Waals surface area contributed by atoms with Crippen LogP contribution in [0.4, 0.5) is 5.69 Å². The molecule has 150 valence electrons. The fraction of sp³-hybridized carbons (Fsp3) is 0.0526. The molecule has 0 atom stereocenters. The van der Waals surface area contributed by atoms with Gasteiger partial charge in [0.1, 0.15) is 24.0 Å². The number of ether oxygens (including phenoxy) is 1. The third-order valence-electron chi connectivity index (χ3n) is 3.48. The molecule has 1 amide bonds. The topological polar surface area (TPSA) is 122 Å². The van der Waals surface area contributed by atoms with Crippen LogP contribution in [0, 0.1) is 11.3 Å². The normalized spacial score (nSPS) is 11.4. The number of hydrogen-bond donors (Lipinski definition) is 2. The van der Waals surface area contributed by atoms with Crippen molar-refractivity contribution in [2.45, 2.75) is 4.90 Å². The van der Waals surface area contributed by atoms with Gasteiger partial charge in [-0.05, 0) is 79.9 Å². The Kier molecular flexibility index (Phi) is 7.75. The van der Waals surface area contributed by atoms with Gasteiger partial charge in [-0.1, -0.05) is 12.7 Å². The summed E-state index contributed by atoms with van der Waals surface area (Å²) in [6.45, 7) is 3.91. The van der Waals surface area contributed by atoms with Crippen LogP contribution in [-0.4, -0.2) is 20.9 Å². The number of rotatable bonds is 7. The molecule has 2 aromatic rings. The Morgan fingerprint density at radius 2 is 1.83 bits per heavy atom. The first-order chi connectivity index (χ1) is 13.7. The first-order valence-electron chi connectivity index (χ1n) is 7.94. The van der Waals surface area contributed by atoms with E-state index in [1.54, 1.807) is 18.2 Å². The molecular formula is C19H15Br2N3O4S. The Hall–Kier alpha value is -2.45. The number of carbonyl (C=O) groups excluding carboxylic acids is 1. The smallest absolute Gasteiger partial charge is 0.266 e. The van der Waals surface area contributed by atoms with Crippen LogP contribution in [0.15, 0.2) is 68.5 Å². The molecule has 7 nitrogen and oxygen atoms in total. The minimum atomic E-state index is -3.83. The zero-order chi connectivity index (χ0) is 21.6. The summed E-state index contributed by atoms with van der Waals surface area (Å²) in [4.78, 5) is 12.3. The molecule has 0 unspecified atom stereocenters. The maximum atomic E-state index is 12.4. The Labute approximate surface area is 185 Å². The predicted octanol–water partition coefficient (Wildman–Crippen LogP) is 3.97. The number of nitrogens with one attached hydrogen (secondary N) is 1. The lowest BCUT2D eigenvalue weighted by molar-refractivity contribution is -0.112. The number of carbonyl (C=O) groups is 1. The van der Waals surface area contributed by atoms with E-state index in [1.165, 1.54) is 30.3 Å². The van der Waals surface area contributed by atoms with Crippen molar-refractivity contribution in [2.75, 3.05) is 11.9 Å². The molecule has 2 rings (SSSR count). The van der Waals surface area contributed by atoms with Crippen molar-refractivity contribution in [3.05, 3.63) is 69.1 Å². The maximum Gasteiger partial charge on any atom is 0.266 e. The third kappa shape index (κ3) is 6.27. The monoisotopic (exact) mass is 539 g/mol. The molecule has 0 aliphatic rings. The molecule has 0 saturated carbocycles. The molecule has 0 saturated heterocycles. The summed E-state index contributed by atoms with van der Waals surface area (Å²) in [5, 5.41) is 16.9. The Bertz CT molecular complexity index is 1100. The van der Waals surface area contributed by atoms with E-state index in [4.69, 9.17) is 9.88 Å². The second-order valence-corrected chi connectivity index (χ2v) is 8.88. The van der Waals surface area contributed by atoms with Crippen LogP contribution in [0.25, 0.3) is 6.08 Å². The minimum Gasteiger partial charge on any atom is -0.487 e. The van der Waals surface area contributed by atoms with Crippen LogP contribution in [0.3, 0.4) is 0 Å². The molecular weight excluding hydrogens is 526 g/mol. The van der Waals surface area contributed by atoms with Gasteiger partial charge in [-0.25, -0.2) is 13.6 Å². The molecule has 10 heteroatoms. The van der Waals surface area contributed by atoms with Crippen molar-refractivity contribution in [1.82, 2.24) is 0 Å². The third-order valence-corrected chi connectivity index (χ3v) is 5.59. The van der Waals surface area contributed by atoms with E-state index in [2.05, 4.69) is 43.8 Å². The van der Waals surface area contributed by atoms with E-state index >= 15 is 0 Å². The van der Waals surface area contributed by atoms with Crippen LogP contribution >= 0.6 is 31.9 Å². The van der Waals surface area contributed by atoms with Gasteiger partial charge in [-0.3, -0.25) is 4.79 Å². The number of sulfonamides is 1. The highest BCUT2D eigenvalue weighted by atomic mass is 79.9. The first kappa shape index (κ1) is 22.8. The molecule has 0 bridgehead atoms. The molecule has 0 heterocycles. The highest BCUT2D eigenvalue weighted by Crippen LogP contribution is 2.35. The molecule has 3 N–H and O–H groups in total. The van der Waals surface area contributed by atoms with Gasteiger partial charge in [-0.2, -0.15) is 5.26 Å². The van der Waals surface area contributed by atoms with Gasteiger partial charge in [0.05, 0.1) is 13.8 Å². The van der Waals surface area contributed by atoms with Gasteiger partial charge in [-0.15, -0.1) is 0 Å². The van der Waals surface area contributed by atoms with Crippen molar-refractivity contribution in [2.24, 2.45) is 5.14 Å². The Morgan fingerprint density at radius 1 is 1.24 bits per heavy atom. The molecule has 0 spiro atoms. The summed E-state index contributed by atoms with van der Waals surface area (Å²) in [5.41, 5.74) is 0.768. The van der Waals surface area contributed by atoms with E-state index in [-0.39, 0.29) is 10.5 Å². The highest BCUT2D eigenvalue weighted by molar-refractivity contribution is 9.11. The van der Waals surface area contributed by atoms with Gasteiger partial charge in [0, 0.05) is 5.69 Å². The number of nitrogens with two attached hydrogens (primary N) is 1. The molecule has 0 aliphatic carbocycles. The van der Waals surface area contributed by atoms with E-state index in [0.29, 0.717) is 32.6 Å². The summed E-state index contributed by atoms with van der Waals surface area (Å²) in [7, 11) is -3.83. The number of hydrogen-bond acceptors (Lipinski definition) is 5. The quantitative estimate of drug-likeness (QED) is 0.312. The zero-order valence-electron chi connectivity index (χ0n) is 14.9. The van der Waals surface area contributed by atoms with Gasteiger partial charge in [0.25, 0.3) is 5.91 Å². The van der Waals surface area contributed by atoms with Crippen LogP contribution in [0.1, 0.15) is 5.56 Å². The van der Waals surface area contributed by atoms with Gasteiger partial charge in [0.15, 0.2) is 0 Å². The number of amides is 1. The van der Waals surface area contributed by atoms with Crippen LogP contribution in [-0.2, 0) is 14.8 Å². The Morgan fingerprint density at radius 3 is 2.31 bits per heavy atom. The maximum absolute atomic E-state index is 12.4. The van der Waals surface area contributed by atoms with Crippen LogP contribution in [0.5, 0.6) is 5.75 Å². The lowest BCUT2D eigenvalue weighted by Gasteiger charge is -2.10. The largest absolute Gasteiger partial charge is 0.487 e.